The topological polar surface area (TPSA) is 78.3 Å². The zero-order valence-corrected chi connectivity index (χ0v) is 11.9. The number of nitrogens with zero attached hydrogens (tertiary/aromatic N) is 4. The summed E-state index contributed by atoms with van der Waals surface area (Å²) in [4.78, 5) is 8.75. The molecule has 0 saturated heterocycles. The molecule has 1 aromatic carbocycles. The second-order valence-corrected chi connectivity index (χ2v) is 4.61. The van der Waals surface area contributed by atoms with E-state index in [1.165, 1.54) is 0 Å². The molecule has 0 bridgehead atoms. The molecule has 2 heterocycles. The average Bonchev–Trinajstić information content (AvgIpc) is 2.93. The van der Waals surface area contributed by atoms with Gasteiger partial charge in [-0.15, -0.1) is 0 Å². The summed E-state index contributed by atoms with van der Waals surface area (Å²) in [6, 6.07) is 11.8. The minimum absolute atomic E-state index is 0.341. The van der Waals surface area contributed by atoms with E-state index >= 15 is 0 Å². The number of ether oxygens (including phenoxy) is 1. The average molecular weight is 283 g/mol. The minimum Gasteiger partial charge on any atom is -0.381 e. The molecule has 3 rings (SSSR count). The van der Waals surface area contributed by atoms with Gasteiger partial charge in [0, 0.05) is 24.7 Å². The van der Waals surface area contributed by atoms with Crippen LogP contribution in [0.25, 0.3) is 16.9 Å². The molecule has 0 radical (unpaired) electrons. The first-order valence-corrected chi connectivity index (χ1v) is 6.93. The fourth-order valence-corrected chi connectivity index (χ4v) is 2.13. The molecular formula is C15H17N5O. The van der Waals surface area contributed by atoms with Gasteiger partial charge in [0.15, 0.2) is 5.65 Å². The molecule has 6 heteroatoms. The Morgan fingerprint density at radius 3 is 2.76 bits per heavy atom. The summed E-state index contributed by atoms with van der Waals surface area (Å²) >= 11 is 0. The van der Waals surface area contributed by atoms with E-state index in [2.05, 4.69) is 15.1 Å². The fourth-order valence-electron chi connectivity index (χ4n) is 2.13. The summed E-state index contributed by atoms with van der Waals surface area (Å²) in [5, 5.41) is 4.46. The number of nitrogen functional groups attached to an aromatic ring is 1. The quantitative estimate of drug-likeness (QED) is 0.724. The van der Waals surface area contributed by atoms with Gasteiger partial charge in [0.05, 0.1) is 12.3 Å². The third kappa shape index (κ3) is 2.85. The molecule has 0 atom stereocenters. The van der Waals surface area contributed by atoms with Crippen molar-refractivity contribution in [3.63, 3.8) is 0 Å². The molecule has 21 heavy (non-hydrogen) atoms. The molecule has 2 aromatic heterocycles. The molecule has 0 aliphatic heterocycles. The highest BCUT2D eigenvalue weighted by Gasteiger charge is 2.10. The lowest BCUT2D eigenvalue weighted by Gasteiger charge is -2.03. The maximum Gasteiger partial charge on any atom is 0.224 e. The van der Waals surface area contributed by atoms with Crippen molar-refractivity contribution in [3.8, 4) is 11.3 Å². The predicted molar refractivity (Wildman–Crippen MR) is 80.8 cm³/mol. The third-order valence-electron chi connectivity index (χ3n) is 3.14. The number of rotatable bonds is 5. The molecule has 6 nitrogen and oxygen atoms in total. The Labute approximate surface area is 122 Å². The van der Waals surface area contributed by atoms with E-state index in [0.29, 0.717) is 37.1 Å². The molecule has 0 spiro atoms. The lowest BCUT2D eigenvalue weighted by molar-refractivity contribution is 0.149. The second-order valence-electron chi connectivity index (χ2n) is 4.61. The summed E-state index contributed by atoms with van der Waals surface area (Å²) < 4.78 is 6.88. The number of benzene rings is 1. The van der Waals surface area contributed by atoms with Gasteiger partial charge in [-0.2, -0.15) is 14.6 Å². The van der Waals surface area contributed by atoms with Gasteiger partial charge in [-0.1, -0.05) is 30.3 Å². The first-order valence-electron chi connectivity index (χ1n) is 6.93. The number of hydrogen-bond acceptors (Lipinski definition) is 5. The van der Waals surface area contributed by atoms with Crippen LogP contribution in [-0.4, -0.2) is 32.8 Å². The second kappa shape index (κ2) is 5.88. The van der Waals surface area contributed by atoms with Crippen molar-refractivity contribution >= 4 is 11.6 Å². The van der Waals surface area contributed by atoms with E-state index < -0.39 is 0 Å². The van der Waals surface area contributed by atoms with Gasteiger partial charge in [-0.3, -0.25) is 0 Å². The summed E-state index contributed by atoms with van der Waals surface area (Å²) in [5.41, 5.74) is 8.52. The van der Waals surface area contributed by atoms with Crippen molar-refractivity contribution in [1.29, 1.82) is 0 Å². The lowest BCUT2D eigenvalue weighted by atomic mass is 10.2. The number of aromatic nitrogens is 4. The SMILES string of the molecule is CCOCCc1nc(N)n2nc(-c3ccccc3)cc2n1. The Bertz CT molecular complexity index is 738. The summed E-state index contributed by atoms with van der Waals surface area (Å²) in [7, 11) is 0. The van der Waals surface area contributed by atoms with Gasteiger partial charge >= 0.3 is 0 Å². The first kappa shape index (κ1) is 13.5. The fraction of sp³-hybridized carbons (Fsp3) is 0.267. The molecule has 0 fully saturated rings. The predicted octanol–water partition coefficient (Wildman–Crippen LogP) is 1.95. The summed E-state index contributed by atoms with van der Waals surface area (Å²) in [6.07, 6.45) is 0.639. The van der Waals surface area contributed by atoms with Crippen molar-refractivity contribution in [1.82, 2.24) is 19.6 Å². The number of hydrogen-bond donors (Lipinski definition) is 1. The van der Waals surface area contributed by atoms with Crippen molar-refractivity contribution in [2.45, 2.75) is 13.3 Å². The Morgan fingerprint density at radius 1 is 1.19 bits per heavy atom. The molecule has 108 valence electrons. The normalized spacial score (nSPS) is 11.1. The van der Waals surface area contributed by atoms with E-state index in [-0.39, 0.29) is 0 Å². The molecule has 0 aliphatic carbocycles. The maximum absolute atomic E-state index is 5.96. The first-order chi connectivity index (χ1) is 10.3. The molecule has 0 unspecified atom stereocenters. The van der Waals surface area contributed by atoms with Gasteiger partial charge in [-0.25, -0.2) is 4.98 Å². The van der Waals surface area contributed by atoms with Gasteiger partial charge < -0.3 is 10.5 Å². The highest BCUT2D eigenvalue weighted by atomic mass is 16.5. The van der Waals surface area contributed by atoms with E-state index in [1.54, 1.807) is 4.52 Å². The summed E-state index contributed by atoms with van der Waals surface area (Å²) in [5.74, 6) is 1.02. The van der Waals surface area contributed by atoms with E-state index in [9.17, 15) is 0 Å². The van der Waals surface area contributed by atoms with Crippen molar-refractivity contribution in [3.05, 3.63) is 42.2 Å². The van der Waals surface area contributed by atoms with Crippen LogP contribution in [0.2, 0.25) is 0 Å². The van der Waals surface area contributed by atoms with Gasteiger partial charge in [0.25, 0.3) is 0 Å². The van der Waals surface area contributed by atoms with Crippen LogP contribution in [0.5, 0.6) is 0 Å². The highest BCUT2D eigenvalue weighted by Crippen LogP contribution is 2.19. The highest BCUT2D eigenvalue weighted by molar-refractivity contribution is 5.64. The Morgan fingerprint density at radius 2 is 2.00 bits per heavy atom. The Balaban J connectivity index is 1.95. The number of anilines is 1. The van der Waals surface area contributed by atoms with Crippen molar-refractivity contribution in [2.75, 3.05) is 18.9 Å². The molecule has 3 aromatic rings. The van der Waals surface area contributed by atoms with Crippen LogP contribution < -0.4 is 5.73 Å². The molecule has 0 aliphatic rings. The monoisotopic (exact) mass is 283 g/mol. The van der Waals surface area contributed by atoms with Crippen molar-refractivity contribution < 1.29 is 4.74 Å². The Hall–Kier alpha value is -2.47. The van der Waals surface area contributed by atoms with Crippen LogP contribution in [0.3, 0.4) is 0 Å². The van der Waals surface area contributed by atoms with E-state index in [0.717, 1.165) is 11.3 Å². The van der Waals surface area contributed by atoms with Crippen LogP contribution in [0.15, 0.2) is 36.4 Å². The third-order valence-corrected chi connectivity index (χ3v) is 3.14. The zero-order chi connectivity index (χ0) is 14.7. The molecule has 0 amide bonds. The van der Waals surface area contributed by atoms with Crippen LogP contribution in [0.4, 0.5) is 5.95 Å². The van der Waals surface area contributed by atoms with Crippen LogP contribution in [0, 0.1) is 0 Å². The largest absolute Gasteiger partial charge is 0.381 e. The Kier molecular flexibility index (Phi) is 3.79. The number of nitrogens with two attached hydrogens (primary N) is 1. The number of fused-ring (bicyclic) bond motifs is 1. The van der Waals surface area contributed by atoms with Gasteiger partial charge in [0.1, 0.15) is 5.82 Å². The zero-order valence-electron chi connectivity index (χ0n) is 11.9. The van der Waals surface area contributed by atoms with Crippen molar-refractivity contribution in [2.24, 2.45) is 0 Å². The summed E-state index contributed by atoms with van der Waals surface area (Å²) in [6.45, 7) is 3.23. The standard InChI is InChI=1S/C15H17N5O/c1-2-21-9-8-13-17-14-10-12(11-6-4-3-5-7-11)19-20(14)15(16)18-13/h3-7,10H,2,8-9H2,1H3,(H2,16,17,18). The van der Waals surface area contributed by atoms with Crippen LogP contribution in [-0.2, 0) is 11.2 Å². The van der Waals surface area contributed by atoms with E-state index in [1.807, 2.05) is 43.3 Å². The molecular weight excluding hydrogens is 266 g/mol. The van der Waals surface area contributed by atoms with Gasteiger partial charge in [0.2, 0.25) is 5.95 Å². The van der Waals surface area contributed by atoms with Crippen LogP contribution >= 0.6 is 0 Å². The van der Waals surface area contributed by atoms with E-state index in [4.69, 9.17) is 10.5 Å². The smallest absolute Gasteiger partial charge is 0.224 e. The minimum atomic E-state index is 0.341. The van der Waals surface area contributed by atoms with Gasteiger partial charge in [-0.05, 0) is 6.92 Å². The molecule has 2 N–H and O–H groups in total. The lowest BCUT2D eigenvalue weighted by Crippen LogP contribution is -2.09. The van der Waals surface area contributed by atoms with Crippen LogP contribution in [0.1, 0.15) is 12.7 Å². The molecule has 0 saturated carbocycles. The maximum atomic E-state index is 5.96.